The molecule has 1 unspecified atom stereocenters. The highest BCUT2D eigenvalue weighted by Crippen LogP contribution is 2.29. The van der Waals surface area contributed by atoms with Crippen LogP contribution in [0.1, 0.15) is 17.2 Å². The molecule has 0 spiro atoms. The van der Waals surface area contributed by atoms with Gasteiger partial charge in [0.15, 0.2) is 0 Å². The van der Waals surface area contributed by atoms with E-state index < -0.39 is 23.6 Å². The first-order chi connectivity index (χ1) is 9.40. The van der Waals surface area contributed by atoms with Crippen molar-refractivity contribution in [1.82, 2.24) is 0 Å². The summed E-state index contributed by atoms with van der Waals surface area (Å²) in [5, 5.41) is 9.64. The number of benzene rings is 2. The molecule has 0 saturated heterocycles. The Morgan fingerprint density at radius 2 is 1.80 bits per heavy atom. The molecule has 2 rings (SSSR count). The summed E-state index contributed by atoms with van der Waals surface area (Å²) in [6.45, 7) is 0. The van der Waals surface area contributed by atoms with Crippen molar-refractivity contribution in [3.05, 3.63) is 68.4 Å². The average molecular weight is 366 g/mol. The molecule has 0 aliphatic heterocycles. The smallest absolute Gasteiger partial charge is 0.142 e. The third-order valence-corrected chi connectivity index (χ3v) is 4.02. The van der Waals surface area contributed by atoms with Crippen LogP contribution in [0, 0.1) is 17.5 Å². The van der Waals surface area contributed by atoms with Crippen molar-refractivity contribution in [1.29, 1.82) is 0 Å². The Bertz CT molecular complexity index is 649. The maximum Gasteiger partial charge on any atom is 0.142 e. The molecular formula is C14H9BrClF3O. The highest BCUT2D eigenvalue weighted by Gasteiger charge is 2.18. The predicted molar refractivity (Wildman–Crippen MR) is 74.1 cm³/mol. The molecule has 6 heteroatoms. The quantitative estimate of drug-likeness (QED) is 0.775. The first kappa shape index (κ1) is 15.4. The number of rotatable bonds is 3. The number of hydrogen-bond acceptors (Lipinski definition) is 1. The molecule has 0 amide bonds. The molecule has 0 saturated carbocycles. The maximum absolute atomic E-state index is 13.7. The minimum atomic E-state index is -1.31. The van der Waals surface area contributed by atoms with Gasteiger partial charge < -0.3 is 5.11 Å². The van der Waals surface area contributed by atoms with E-state index in [0.717, 1.165) is 12.1 Å². The second kappa shape index (κ2) is 6.16. The molecule has 0 heterocycles. The summed E-state index contributed by atoms with van der Waals surface area (Å²) in [6, 6.07) is 5.95. The summed E-state index contributed by atoms with van der Waals surface area (Å²) < 4.78 is 40.5. The van der Waals surface area contributed by atoms with Crippen LogP contribution in [0.2, 0.25) is 5.02 Å². The van der Waals surface area contributed by atoms with E-state index in [0.29, 0.717) is 5.56 Å². The monoisotopic (exact) mass is 364 g/mol. The number of aliphatic hydroxyl groups is 1. The van der Waals surface area contributed by atoms with E-state index in [1.165, 1.54) is 12.1 Å². The molecule has 0 radical (unpaired) electrons. The van der Waals surface area contributed by atoms with Gasteiger partial charge in [-0.1, -0.05) is 23.7 Å². The van der Waals surface area contributed by atoms with Crippen LogP contribution in [0.3, 0.4) is 0 Å². The van der Waals surface area contributed by atoms with Gasteiger partial charge in [0.2, 0.25) is 0 Å². The summed E-state index contributed by atoms with van der Waals surface area (Å²) in [5.41, 5.74) is 0.232. The minimum absolute atomic E-state index is 0.0592. The van der Waals surface area contributed by atoms with Crippen molar-refractivity contribution in [2.24, 2.45) is 0 Å². The lowest BCUT2D eigenvalue weighted by Gasteiger charge is -2.14. The Morgan fingerprint density at radius 3 is 2.50 bits per heavy atom. The first-order valence-electron chi connectivity index (χ1n) is 5.65. The highest BCUT2D eigenvalue weighted by atomic mass is 79.9. The lowest BCUT2D eigenvalue weighted by atomic mass is 10.0. The molecule has 0 bridgehead atoms. The lowest BCUT2D eigenvalue weighted by molar-refractivity contribution is 0.173. The molecule has 0 aliphatic rings. The molecule has 20 heavy (non-hydrogen) atoms. The van der Waals surface area contributed by atoms with E-state index in [1.807, 2.05) is 0 Å². The Balaban J connectivity index is 2.31. The standard InChI is InChI=1S/C14H9BrClF3O/c15-14-7(2-1-3-10(14)17)4-13(20)8-5-12(19)9(16)6-11(8)18/h1-3,5-6,13,20H,4H2. The number of aliphatic hydroxyl groups excluding tert-OH is 1. The molecule has 1 atom stereocenters. The van der Waals surface area contributed by atoms with Crippen molar-refractivity contribution in [3.8, 4) is 0 Å². The first-order valence-corrected chi connectivity index (χ1v) is 6.82. The number of halogens is 5. The van der Waals surface area contributed by atoms with Gasteiger partial charge in [-0.3, -0.25) is 0 Å². The van der Waals surface area contributed by atoms with Crippen LogP contribution in [0.15, 0.2) is 34.8 Å². The summed E-state index contributed by atoms with van der Waals surface area (Å²) in [6.07, 6.45) is -1.36. The predicted octanol–water partition coefficient (Wildman–Crippen LogP) is 4.80. The van der Waals surface area contributed by atoms with Gasteiger partial charge in [0.05, 0.1) is 15.6 Å². The summed E-state index contributed by atoms with van der Waals surface area (Å²) in [4.78, 5) is 0. The third kappa shape index (κ3) is 3.16. The van der Waals surface area contributed by atoms with Crippen LogP contribution in [0.5, 0.6) is 0 Å². The second-order valence-corrected chi connectivity index (χ2v) is 5.42. The minimum Gasteiger partial charge on any atom is -0.388 e. The summed E-state index contributed by atoms with van der Waals surface area (Å²) in [5.74, 6) is -2.12. The Morgan fingerprint density at radius 1 is 1.10 bits per heavy atom. The van der Waals surface area contributed by atoms with Crippen LogP contribution >= 0.6 is 27.5 Å². The highest BCUT2D eigenvalue weighted by molar-refractivity contribution is 9.10. The Labute approximate surface area is 127 Å². The molecule has 2 aromatic rings. The molecule has 0 aliphatic carbocycles. The van der Waals surface area contributed by atoms with Crippen LogP contribution < -0.4 is 0 Å². The Kier molecular flexibility index (Phi) is 4.73. The van der Waals surface area contributed by atoms with E-state index in [4.69, 9.17) is 11.6 Å². The van der Waals surface area contributed by atoms with E-state index in [9.17, 15) is 18.3 Å². The lowest BCUT2D eigenvalue weighted by Crippen LogP contribution is -2.06. The van der Waals surface area contributed by atoms with Crippen molar-refractivity contribution < 1.29 is 18.3 Å². The normalized spacial score (nSPS) is 12.5. The van der Waals surface area contributed by atoms with Gasteiger partial charge in [0.1, 0.15) is 17.5 Å². The van der Waals surface area contributed by atoms with Gasteiger partial charge in [-0.05, 0) is 39.7 Å². The van der Waals surface area contributed by atoms with Crippen LogP contribution in [0.4, 0.5) is 13.2 Å². The van der Waals surface area contributed by atoms with Gasteiger partial charge in [-0.15, -0.1) is 0 Å². The van der Waals surface area contributed by atoms with Gasteiger partial charge in [-0.2, -0.15) is 0 Å². The second-order valence-electron chi connectivity index (χ2n) is 4.22. The van der Waals surface area contributed by atoms with Crippen molar-refractivity contribution in [2.45, 2.75) is 12.5 Å². The Hall–Kier alpha value is -1.04. The fourth-order valence-electron chi connectivity index (χ4n) is 1.82. The summed E-state index contributed by atoms with van der Waals surface area (Å²) in [7, 11) is 0. The van der Waals surface area contributed by atoms with Crippen LogP contribution in [0.25, 0.3) is 0 Å². The van der Waals surface area contributed by atoms with E-state index in [2.05, 4.69) is 15.9 Å². The zero-order valence-electron chi connectivity index (χ0n) is 10.0. The fourth-order valence-corrected chi connectivity index (χ4v) is 2.39. The zero-order chi connectivity index (χ0) is 14.9. The van der Waals surface area contributed by atoms with Gasteiger partial charge >= 0.3 is 0 Å². The van der Waals surface area contributed by atoms with E-state index in [-0.39, 0.29) is 21.5 Å². The van der Waals surface area contributed by atoms with E-state index in [1.54, 1.807) is 6.07 Å². The maximum atomic E-state index is 13.7. The van der Waals surface area contributed by atoms with Gasteiger partial charge in [0.25, 0.3) is 0 Å². The fraction of sp³-hybridized carbons (Fsp3) is 0.143. The molecule has 1 nitrogen and oxygen atoms in total. The number of hydrogen-bond donors (Lipinski definition) is 1. The van der Waals surface area contributed by atoms with Gasteiger partial charge in [-0.25, -0.2) is 13.2 Å². The van der Waals surface area contributed by atoms with Crippen molar-refractivity contribution in [2.75, 3.05) is 0 Å². The van der Waals surface area contributed by atoms with Crippen molar-refractivity contribution >= 4 is 27.5 Å². The molecule has 2 aromatic carbocycles. The molecule has 0 aromatic heterocycles. The molecule has 1 N–H and O–H groups in total. The molecular weight excluding hydrogens is 357 g/mol. The van der Waals surface area contributed by atoms with Gasteiger partial charge in [0, 0.05) is 12.0 Å². The van der Waals surface area contributed by atoms with Crippen LogP contribution in [-0.4, -0.2) is 5.11 Å². The average Bonchev–Trinajstić information content (AvgIpc) is 2.39. The topological polar surface area (TPSA) is 20.2 Å². The third-order valence-electron chi connectivity index (χ3n) is 2.84. The van der Waals surface area contributed by atoms with E-state index >= 15 is 0 Å². The SMILES string of the molecule is OC(Cc1cccc(F)c1Br)c1cc(F)c(Cl)cc1F. The van der Waals surface area contributed by atoms with Crippen LogP contribution in [-0.2, 0) is 6.42 Å². The zero-order valence-corrected chi connectivity index (χ0v) is 12.4. The largest absolute Gasteiger partial charge is 0.388 e. The molecule has 106 valence electrons. The molecule has 0 fully saturated rings. The summed E-state index contributed by atoms with van der Waals surface area (Å²) >= 11 is 8.49. The van der Waals surface area contributed by atoms with Crippen molar-refractivity contribution in [3.63, 3.8) is 0 Å².